The van der Waals surface area contributed by atoms with Crippen LogP contribution in [-0.2, 0) is 0 Å². The summed E-state index contributed by atoms with van der Waals surface area (Å²) >= 11 is 12.0. The quantitative estimate of drug-likeness (QED) is 0.697. The van der Waals surface area contributed by atoms with E-state index >= 15 is 0 Å². The van der Waals surface area contributed by atoms with Crippen LogP contribution < -0.4 is 5.32 Å². The fourth-order valence-corrected chi connectivity index (χ4v) is 2.08. The van der Waals surface area contributed by atoms with Crippen molar-refractivity contribution in [3.63, 3.8) is 0 Å². The number of hydrogen-bond acceptors (Lipinski definition) is 1. The van der Waals surface area contributed by atoms with Crippen molar-refractivity contribution in [2.45, 2.75) is 36.1 Å². The second kappa shape index (κ2) is 5.08. The van der Waals surface area contributed by atoms with Gasteiger partial charge in [0.05, 0.1) is 10.8 Å². The number of urea groups is 1. The van der Waals surface area contributed by atoms with E-state index in [0.29, 0.717) is 0 Å². The molecule has 82 valence electrons. The average molecular weight is 239 g/mol. The second-order valence-electron chi connectivity index (χ2n) is 3.89. The molecule has 1 fully saturated rings. The Morgan fingerprint density at radius 3 is 2.43 bits per heavy atom. The monoisotopic (exact) mass is 238 g/mol. The summed E-state index contributed by atoms with van der Waals surface area (Å²) in [6.45, 7) is 0. The lowest BCUT2D eigenvalue weighted by Gasteiger charge is -2.30. The highest BCUT2D eigenvalue weighted by molar-refractivity contribution is 6.30. The highest BCUT2D eigenvalue weighted by Gasteiger charge is 2.28. The third kappa shape index (κ3) is 3.21. The molecule has 5 heteroatoms. The van der Waals surface area contributed by atoms with E-state index in [9.17, 15) is 4.79 Å². The van der Waals surface area contributed by atoms with Crippen LogP contribution in [0.5, 0.6) is 0 Å². The Kier molecular flexibility index (Phi) is 4.32. The van der Waals surface area contributed by atoms with Crippen molar-refractivity contribution in [1.29, 1.82) is 0 Å². The first-order valence-electron chi connectivity index (χ1n) is 4.76. The van der Waals surface area contributed by atoms with Crippen LogP contribution in [0.25, 0.3) is 0 Å². The first-order valence-corrected chi connectivity index (χ1v) is 5.64. The van der Waals surface area contributed by atoms with Crippen LogP contribution >= 0.6 is 23.2 Å². The van der Waals surface area contributed by atoms with Gasteiger partial charge in [0.2, 0.25) is 0 Å². The lowest BCUT2D eigenvalue weighted by molar-refractivity contribution is 0.209. The van der Waals surface area contributed by atoms with Gasteiger partial charge in [-0.3, -0.25) is 0 Å². The molecule has 1 aliphatic rings. The lowest BCUT2D eigenvalue weighted by atomic mass is 9.94. The fraction of sp³-hybridized carbons (Fsp3) is 0.889. The maximum absolute atomic E-state index is 11.3. The SMILES string of the molecule is CN(C)C(=O)NC1CCC(Cl)C(Cl)C1. The Hall–Kier alpha value is -0.150. The third-order valence-corrected chi connectivity index (χ3v) is 3.56. The zero-order valence-electron chi connectivity index (χ0n) is 8.46. The number of halogens is 2. The number of hydrogen-bond donors (Lipinski definition) is 1. The van der Waals surface area contributed by atoms with Gasteiger partial charge in [0, 0.05) is 20.1 Å². The van der Waals surface area contributed by atoms with Crippen LogP contribution in [0.4, 0.5) is 4.79 Å². The van der Waals surface area contributed by atoms with Crippen LogP contribution in [-0.4, -0.2) is 41.8 Å². The highest BCUT2D eigenvalue weighted by atomic mass is 35.5. The van der Waals surface area contributed by atoms with Gasteiger partial charge in [-0.1, -0.05) is 0 Å². The second-order valence-corrected chi connectivity index (χ2v) is 5.01. The first kappa shape index (κ1) is 11.9. The molecule has 1 saturated carbocycles. The zero-order valence-corrected chi connectivity index (χ0v) is 9.98. The minimum atomic E-state index is -0.0631. The molecule has 14 heavy (non-hydrogen) atoms. The Labute approximate surface area is 94.7 Å². The Bertz CT molecular complexity index is 211. The van der Waals surface area contributed by atoms with E-state index in [4.69, 9.17) is 23.2 Å². The molecule has 0 aromatic carbocycles. The van der Waals surface area contributed by atoms with Crippen LogP contribution in [0.1, 0.15) is 19.3 Å². The molecule has 2 amide bonds. The molecule has 0 aromatic rings. The van der Waals surface area contributed by atoms with Crippen molar-refractivity contribution in [2.24, 2.45) is 0 Å². The summed E-state index contributed by atoms with van der Waals surface area (Å²) in [5.74, 6) is 0. The molecule has 1 rings (SSSR count). The minimum Gasteiger partial charge on any atom is -0.335 e. The van der Waals surface area contributed by atoms with Crippen molar-refractivity contribution >= 4 is 29.2 Å². The molecule has 0 aliphatic heterocycles. The topological polar surface area (TPSA) is 32.3 Å². The summed E-state index contributed by atoms with van der Waals surface area (Å²) in [5.41, 5.74) is 0. The molecule has 0 heterocycles. The van der Waals surface area contributed by atoms with Gasteiger partial charge in [-0.2, -0.15) is 0 Å². The molecule has 1 aliphatic carbocycles. The Balaban J connectivity index is 2.37. The molecule has 3 unspecified atom stereocenters. The van der Waals surface area contributed by atoms with Gasteiger partial charge in [-0.15, -0.1) is 23.2 Å². The summed E-state index contributed by atoms with van der Waals surface area (Å²) in [6, 6.07) is 0.106. The molecular weight excluding hydrogens is 223 g/mol. The van der Waals surface area contributed by atoms with Crippen LogP contribution in [0.15, 0.2) is 0 Å². The lowest BCUT2D eigenvalue weighted by Crippen LogP contribution is -2.45. The fourth-order valence-electron chi connectivity index (χ4n) is 1.51. The number of amides is 2. The molecule has 3 atom stereocenters. The van der Waals surface area contributed by atoms with Crippen molar-refractivity contribution in [2.75, 3.05) is 14.1 Å². The smallest absolute Gasteiger partial charge is 0.317 e. The van der Waals surface area contributed by atoms with Crippen molar-refractivity contribution < 1.29 is 4.79 Å². The number of nitrogens with zero attached hydrogens (tertiary/aromatic N) is 1. The maximum atomic E-state index is 11.3. The van der Waals surface area contributed by atoms with Crippen molar-refractivity contribution in [3.8, 4) is 0 Å². The molecular formula is C9H16Cl2N2O. The summed E-state index contributed by atoms with van der Waals surface area (Å²) in [6.07, 6.45) is 2.54. The van der Waals surface area contributed by atoms with E-state index in [1.165, 1.54) is 4.90 Å². The molecule has 0 saturated heterocycles. The van der Waals surface area contributed by atoms with E-state index in [1.54, 1.807) is 14.1 Å². The van der Waals surface area contributed by atoms with E-state index in [-0.39, 0.29) is 22.8 Å². The number of nitrogens with one attached hydrogen (secondary N) is 1. The third-order valence-electron chi connectivity index (χ3n) is 2.43. The summed E-state index contributed by atoms with van der Waals surface area (Å²) in [5, 5.41) is 2.93. The Morgan fingerprint density at radius 2 is 1.93 bits per heavy atom. The van der Waals surface area contributed by atoms with E-state index in [1.807, 2.05) is 0 Å². The first-order chi connectivity index (χ1) is 6.50. The average Bonchev–Trinajstić information content (AvgIpc) is 2.11. The largest absolute Gasteiger partial charge is 0.335 e. The van der Waals surface area contributed by atoms with Gasteiger partial charge in [0.25, 0.3) is 0 Å². The molecule has 0 radical (unpaired) electrons. The van der Waals surface area contributed by atoms with Crippen LogP contribution in [0.3, 0.4) is 0 Å². The van der Waals surface area contributed by atoms with Gasteiger partial charge >= 0.3 is 6.03 Å². The van der Waals surface area contributed by atoms with Gasteiger partial charge in [0.1, 0.15) is 0 Å². The van der Waals surface area contributed by atoms with E-state index in [2.05, 4.69) is 5.32 Å². The van der Waals surface area contributed by atoms with Crippen LogP contribution in [0.2, 0.25) is 0 Å². The summed E-state index contributed by atoms with van der Waals surface area (Å²) in [7, 11) is 3.45. The van der Waals surface area contributed by atoms with Gasteiger partial charge in [-0.05, 0) is 19.3 Å². The summed E-state index contributed by atoms with van der Waals surface area (Å²) < 4.78 is 0. The van der Waals surface area contributed by atoms with Gasteiger partial charge in [-0.25, -0.2) is 4.79 Å². The maximum Gasteiger partial charge on any atom is 0.317 e. The standard InChI is InChI=1S/C9H16Cl2N2O/c1-13(2)9(14)12-6-3-4-7(10)8(11)5-6/h6-8H,3-5H2,1-2H3,(H,12,14). The summed E-state index contributed by atoms with van der Waals surface area (Å²) in [4.78, 5) is 12.9. The zero-order chi connectivity index (χ0) is 10.7. The number of rotatable bonds is 1. The molecule has 1 N–H and O–H groups in total. The number of alkyl halides is 2. The molecule has 0 bridgehead atoms. The van der Waals surface area contributed by atoms with Crippen LogP contribution in [0, 0.1) is 0 Å². The highest BCUT2D eigenvalue weighted by Crippen LogP contribution is 2.27. The number of carbonyl (C=O) groups excluding carboxylic acids is 1. The molecule has 0 spiro atoms. The van der Waals surface area contributed by atoms with Gasteiger partial charge < -0.3 is 10.2 Å². The normalized spacial score (nSPS) is 32.4. The molecule has 3 nitrogen and oxygen atoms in total. The predicted octanol–water partition coefficient (Wildman–Crippen LogP) is 2.02. The van der Waals surface area contributed by atoms with E-state index < -0.39 is 0 Å². The van der Waals surface area contributed by atoms with Crippen molar-refractivity contribution in [1.82, 2.24) is 10.2 Å². The minimum absolute atomic E-state index is 0.0297. The van der Waals surface area contributed by atoms with Gasteiger partial charge in [0.15, 0.2) is 0 Å². The number of carbonyl (C=O) groups is 1. The molecule has 0 aromatic heterocycles. The van der Waals surface area contributed by atoms with Crippen molar-refractivity contribution in [3.05, 3.63) is 0 Å². The predicted molar refractivity (Wildman–Crippen MR) is 59.1 cm³/mol. The Morgan fingerprint density at radius 1 is 1.29 bits per heavy atom. The van der Waals surface area contributed by atoms with E-state index in [0.717, 1.165) is 19.3 Å².